The minimum atomic E-state index is -0.744. The van der Waals surface area contributed by atoms with Gasteiger partial charge in [0.2, 0.25) is 0 Å². The number of hydrogen-bond donors (Lipinski definition) is 1. The average molecular weight is 472 g/mol. The Bertz CT molecular complexity index is 1220. The Hall–Kier alpha value is -4.06. The third kappa shape index (κ3) is 5.22. The van der Waals surface area contributed by atoms with Crippen LogP contribution in [0.3, 0.4) is 0 Å². The van der Waals surface area contributed by atoms with Crippen LogP contribution < -0.4 is 9.47 Å². The van der Waals surface area contributed by atoms with Gasteiger partial charge in [-0.15, -0.1) is 0 Å². The summed E-state index contributed by atoms with van der Waals surface area (Å²) in [7, 11) is 0. The SMILES string of the molecule is CCCOc1ccc(C2/C(=C(\O)c3cccc(OCC)c3)C(=O)C(=O)N2Cc2ccccc2)cc1. The fourth-order valence-electron chi connectivity index (χ4n) is 4.19. The zero-order valence-corrected chi connectivity index (χ0v) is 19.9. The van der Waals surface area contributed by atoms with Gasteiger partial charge in [-0.3, -0.25) is 9.59 Å². The summed E-state index contributed by atoms with van der Waals surface area (Å²) in [6, 6.07) is 23.0. The summed E-state index contributed by atoms with van der Waals surface area (Å²) in [5.41, 5.74) is 2.08. The molecule has 0 spiro atoms. The van der Waals surface area contributed by atoms with E-state index in [4.69, 9.17) is 9.47 Å². The maximum absolute atomic E-state index is 13.3. The van der Waals surface area contributed by atoms with E-state index in [2.05, 4.69) is 0 Å². The van der Waals surface area contributed by atoms with Gasteiger partial charge in [0, 0.05) is 12.1 Å². The van der Waals surface area contributed by atoms with Crippen LogP contribution in [0.15, 0.2) is 84.4 Å². The molecule has 1 amide bonds. The molecule has 1 fully saturated rings. The number of benzene rings is 3. The highest BCUT2D eigenvalue weighted by Crippen LogP contribution is 2.41. The van der Waals surface area contributed by atoms with E-state index < -0.39 is 17.7 Å². The van der Waals surface area contributed by atoms with Gasteiger partial charge in [0.15, 0.2) is 0 Å². The van der Waals surface area contributed by atoms with Gasteiger partial charge in [0.05, 0.1) is 24.8 Å². The third-order valence-electron chi connectivity index (χ3n) is 5.82. The van der Waals surface area contributed by atoms with Crippen LogP contribution >= 0.6 is 0 Å². The van der Waals surface area contributed by atoms with Crippen LogP contribution in [0, 0.1) is 0 Å². The van der Waals surface area contributed by atoms with Crippen molar-refractivity contribution in [2.75, 3.05) is 13.2 Å². The topological polar surface area (TPSA) is 76.1 Å². The van der Waals surface area contributed by atoms with Crippen LogP contribution in [-0.2, 0) is 16.1 Å². The molecular weight excluding hydrogens is 442 g/mol. The second-order valence-corrected chi connectivity index (χ2v) is 8.29. The second kappa shape index (κ2) is 10.9. The largest absolute Gasteiger partial charge is 0.507 e. The second-order valence-electron chi connectivity index (χ2n) is 8.29. The Kier molecular flexibility index (Phi) is 7.51. The van der Waals surface area contributed by atoms with Crippen molar-refractivity contribution in [3.8, 4) is 11.5 Å². The molecule has 1 atom stereocenters. The van der Waals surface area contributed by atoms with E-state index in [1.54, 1.807) is 24.3 Å². The average Bonchev–Trinajstić information content (AvgIpc) is 3.13. The Morgan fingerprint density at radius 3 is 2.31 bits per heavy atom. The van der Waals surface area contributed by atoms with Crippen LogP contribution in [-0.4, -0.2) is 34.9 Å². The number of ether oxygens (including phenoxy) is 2. The summed E-state index contributed by atoms with van der Waals surface area (Å²) in [5.74, 6) is -0.301. The molecule has 3 aromatic rings. The van der Waals surface area contributed by atoms with E-state index in [1.807, 2.05) is 68.4 Å². The lowest BCUT2D eigenvalue weighted by Crippen LogP contribution is -2.29. The number of rotatable bonds is 9. The van der Waals surface area contributed by atoms with Crippen molar-refractivity contribution < 1.29 is 24.2 Å². The summed E-state index contributed by atoms with van der Waals surface area (Å²) in [6.45, 7) is 5.21. The van der Waals surface area contributed by atoms with Gasteiger partial charge < -0.3 is 19.5 Å². The number of ketones is 1. The lowest BCUT2D eigenvalue weighted by Gasteiger charge is -2.25. The van der Waals surface area contributed by atoms with Crippen molar-refractivity contribution in [1.82, 2.24) is 4.90 Å². The zero-order valence-electron chi connectivity index (χ0n) is 19.9. The number of likely N-dealkylation sites (tertiary alicyclic amines) is 1. The molecular formula is C29H29NO5. The molecule has 1 aliphatic rings. The molecule has 6 heteroatoms. The van der Waals surface area contributed by atoms with Crippen LogP contribution in [0.25, 0.3) is 5.76 Å². The van der Waals surface area contributed by atoms with E-state index in [9.17, 15) is 14.7 Å². The summed E-state index contributed by atoms with van der Waals surface area (Å²) >= 11 is 0. The maximum atomic E-state index is 13.3. The highest BCUT2D eigenvalue weighted by Gasteiger charge is 2.46. The Labute approximate surface area is 205 Å². The van der Waals surface area contributed by atoms with E-state index >= 15 is 0 Å². The van der Waals surface area contributed by atoms with E-state index in [-0.39, 0.29) is 17.9 Å². The number of carbonyl (C=O) groups is 2. The fraction of sp³-hybridized carbons (Fsp3) is 0.241. The van der Waals surface area contributed by atoms with Gasteiger partial charge in [-0.1, -0.05) is 61.5 Å². The molecule has 0 aliphatic carbocycles. The summed E-state index contributed by atoms with van der Waals surface area (Å²) in [6.07, 6.45) is 0.889. The third-order valence-corrected chi connectivity index (χ3v) is 5.82. The zero-order chi connectivity index (χ0) is 24.8. The molecule has 1 heterocycles. The van der Waals surface area contributed by atoms with Crippen molar-refractivity contribution >= 4 is 17.4 Å². The Morgan fingerprint density at radius 2 is 1.63 bits per heavy atom. The highest BCUT2D eigenvalue weighted by molar-refractivity contribution is 6.46. The number of amides is 1. The van der Waals surface area contributed by atoms with Crippen molar-refractivity contribution in [1.29, 1.82) is 0 Å². The Morgan fingerprint density at radius 1 is 0.886 bits per heavy atom. The molecule has 4 rings (SSSR count). The molecule has 0 saturated carbocycles. The maximum Gasteiger partial charge on any atom is 0.295 e. The molecule has 1 unspecified atom stereocenters. The molecule has 1 N–H and O–H groups in total. The number of aliphatic hydroxyl groups excluding tert-OH is 1. The predicted octanol–water partition coefficient (Wildman–Crippen LogP) is 5.50. The minimum Gasteiger partial charge on any atom is -0.507 e. The number of carbonyl (C=O) groups excluding carboxylic acids is 2. The molecule has 0 radical (unpaired) electrons. The monoisotopic (exact) mass is 471 g/mol. The van der Waals surface area contributed by atoms with Gasteiger partial charge in [-0.05, 0) is 48.7 Å². The van der Waals surface area contributed by atoms with Gasteiger partial charge in [0.1, 0.15) is 17.3 Å². The van der Waals surface area contributed by atoms with Gasteiger partial charge in [0.25, 0.3) is 11.7 Å². The first-order chi connectivity index (χ1) is 17.0. The normalized spacial score (nSPS) is 17.0. The first-order valence-corrected chi connectivity index (χ1v) is 11.8. The summed E-state index contributed by atoms with van der Waals surface area (Å²) in [5, 5.41) is 11.3. The molecule has 6 nitrogen and oxygen atoms in total. The molecule has 0 bridgehead atoms. The van der Waals surface area contributed by atoms with Crippen LogP contribution in [0.1, 0.15) is 43.0 Å². The summed E-state index contributed by atoms with van der Waals surface area (Å²) < 4.78 is 11.2. The summed E-state index contributed by atoms with van der Waals surface area (Å²) in [4.78, 5) is 28.0. The standard InChI is InChI=1S/C29H29NO5/c1-3-17-35-23-15-13-21(14-16-23)26-25(27(31)22-11-8-12-24(18-22)34-4-2)28(32)29(33)30(26)19-20-9-6-5-7-10-20/h5-16,18,26,31H,3-4,17,19H2,1-2H3/b27-25+. The van der Waals surface area contributed by atoms with Crippen LogP contribution in [0.2, 0.25) is 0 Å². The number of aliphatic hydroxyl groups is 1. The van der Waals surface area contributed by atoms with E-state index in [1.165, 1.54) is 4.90 Å². The number of nitrogens with zero attached hydrogens (tertiary/aromatic N) is 1. The van der Waals surface area contributed by atoms with Crippen LogP contribution in [0.4, 0.5) is 0 Å². The molecule has 1 saturated heterocycles. The van der Waals surface area contributed by atoms with Crippen molar-refractivity contribution in [2.45, 2.75) is 32.9 Å². The molecule has 35 heavy (non-hydrogen) atoms. The van der Waals surface area contributed by atoms with Crippen molar-refractivity contribution in [3.05, 3.63) is 101 Å². The smallest absolute Gasteiger partial charge is 0.295 e. The number of Topliss-reactive ketones (excluding diaryl/α,β-unsaturated/α-hetero) is 1. The van der Waals surface area contributed by atoms with E-state index in [0.717, 1.165) is 12.0 Å². The van der Waals surface area contributed by atoms with Crippen molar-refractivity contribution in [3.63, 3.8) is 0 Å². The first kappa shape index (κ1) is 24.1. The number of hydrogen-bond acceptors (Lipinski definition) is 5. The molecule has 3 aromatic carbocycles. The first-order valence-electron chi connectivity index (χ1n) is 11.8. The Balaban J connectivity index is 1.80. The lowest BCUT2D eigenvalue weighted by molar-refractivity contribution is -0.140. The fourth-order valence-corrected chi connectivity index (χ4v) is 4.19. The highest BCUT2D eigenvalue weighted by atomic mass is 16.5. The molecule has 180 valence electrons. The van der Waals surface area contributed by atoms with Gasteiger partial charge >= 0.3 is 0 Å². The van der Waals surface area contributed by atoms with Gasteiger partial charge in [-0.2, -0.15) is 0 Å². The van der Waals surface area contributed by atoms with Gasteiger partial charge in [-0.25, -0.2) is 0 Å². The minimum absolute atomic E-state index is 0.0572. The predicted molar refractivity (Wildman–Crippen MR) is 134 cm³/mol. The lowest BCUT2D eigenvalue weighted by atomic mass is 9.95. The van der Waals surface area contributed by atoms with Crippen LogP contribution in [0.5, 0.6) is 11.5 Å². The van der Waals surface area contributed by atoms with E-state index in [0.29, 0.717) is 35.8 Å². The molecule has 1 aliphatic heterocycles. The quantitative estimate of drug-likeness (QED) is 0.254. The molecule has 0 aromatic heterocycles. The van der Waals surface area contributed by atoms with Crippen molar-refractivity contribution in [2.24, 2.45) is 0 Å².